The van der Waals surface area contributed by atoms with Crippen LogP contribution in [0.4, 0.5) is 13.2 Å². The Morgan fingerprint density at radius 3 is 2.64 bits per heavy atom. The first-order valence-electron chi connectivity index (χ1n) is 7.11. The third-order valence-corrected chi connectivity index (χ3v) is 3.34. The van der Waals surface area contributed by atoms with E-state index in [1.807, 2.05) is 6.07 Å². The van der Waals surface area contributed by atoms with Crippen LogP contribution in [0.3, 0.4) is 0 Å². The molecule has 0 aliphatic heterocycles. The highest BCUT2D eigenvalue weighted by Gasteiger charge is 2.32. The average molecular weight is 341 g/mol. The van der Waals surface area contributed by atoms with Crippen LogP contribution in [0, 0.1) is 11.3 Å². The number of hydrogen-bond donors (Lipinski definition) is 1. The molecule has 0 amide bonds. The molecule has 0 atom stereocenters. The number of nitriles is 1. The third kappa shape index (κ3) is 3.72. The van der Waals surface area contributed by atoms with Gasteiger partial charge in [0.05, 0.1) is 5.69 Å². The van der Waals surface area contributed by atoms with Crippen molar-refractivity contribution in [1.82, 2.24) is 20.4 Å². The van der Waals surface area contributed by atoms with Crippen LogP contribution in [0.5, 0.6) is 0 Å². The summed E-state index contributed by atoms with van der Waals surface area (Å²) in [6, 6.07) is 12.7. The fourth-order valence-electron chi connectivity index (χ4n) is 2.19. The number of hydrogen-bond acceptors (Lipinski definition) is 4. The highest BCUT2D eigenvalue weighted by Crippen LogP contribution is 2.27. The third-order valence-electron chi connectivity index (χ3n) is 3.34. The van der Waals surface area contributed by atoms with Crippen molar-refractivity contribution in [3.63, 3.8) is 0 Å². The molecule has 8 heteroatoms. The Balaban J connectivity index is 1.88. The molecule has 1 N–H and O–H groups in total. The summed E-state index contributed by atoms with van der Waals surface area (Å²) in [4.78, 5) is 3.58. The van der Waals surface area contributed by atoms with E-state index in [2.05, 4.69) is 20.4 Å². The molecule has 2 aromatic heterocycles. The zero-order valence-electron chi connectivity index (χ0n) is 12.6. The summed E-state index contributed by atoms with van der Waals surface area (Å²) in [6.07, 6.45) is -1.35. The second-order valence-electron chi connectivity index (χ2n) is 5.05. The zero-order chi connectivity index (χ0) is 17.9. The van der Waals surface area contributed by atoms with Gasteiger partial charge in [0.1, 0.15) is 17.5 Å². The summed E-state index contributed by atoms with van der Waals surface area (Å²) >= 11 is 0. The normalized spacial score (nSPS) is 11.6. The number of halogens is 3. The molecule has 0 saturated heterocycles. The van der Waals surface area contributed by atoms with Gasteiger partial charge in [-0.15, -0.1) is 5.10 Å². The van der Waals surface area contributed by atoms with Crippen LogP contribution in [0.25, 0.3) is 23.4 Å². The van der Waals surface area contributed by atoms with Crippen LogP contribution in [0.2, 0.25) is 0 Å². The Hall–Kier alpha value is -3.47. The lowest BCUT2D eigenvalue weighted by Crippen LogP contribution is -2.07. The fraction of sp³-hybridized carbons (Fsp3) is 0.0588. The molecule has 25 heavy (non-hydrogen) atoms. The van der Waals surface area contributed by atoms with E-state index in [4.69, 9.17) is 5.26 Å². The summed E-state index contributed by atoms with van der Waals surface area (Å²) in [7, 11) is 0. The summed E-state index contributed by atoms with van der Waals surface area (Å²) in [5, 5.41) is 18.9. The van der Waals surface area contributed by atoms with Gasteiger partial charge in [-0.3, -0.25) is 5.10 Å². The summed E-state index contributed by atoms with van der Waals surface area (Å²) < 4.78 is 38.1. The monoisotopic (exact) mass is 341 g/mol. The summed E-state index contributed by atoms with van der Waals surface area (Å²) in [5.74, 6) is 0. The second-order valence-corrected chi connectivity index (χ2v) is 5.05. The Bertz CT molecular complexity index is 967. The van der Waals surface area contributed by atoms with Crippen molar-refractivity contribution in [1.29, 1.82) is 5.26 Å². The van der Waals surface area contributed by atoms with Crippen LogP contribution in [0.15, 0.2) is 42.5 Å². The van der Waals surface area contributed by atoms with Crippen molar-refractivity contribution in [3.05, 3.63) is 65.1 Å². The topological polar surface area (TPSA) is 78.2 Å². The van der Waals surface area contributed by atoms with E-state index in [0.29, 0.717) is 11.3 Å². The maximum absolute atomic E-state index is 12.7. The quantitative estimate of drug-likeness (QED) is 0.783. The van der Waals surface area contributed by atoms with Crippen LogP contribution < -0.4 is 0 Å². The molecule has 0 fully saturated rings. The molecule has 0 aliphatic carbocycles. The van der Waals surface area contributed by atoms with Crippen molar-refractivity contribution in [3.8, 4) is 17.3 Å². The number of alkyl halides is 3. The number of benzene rings is 1. The lowest BCUT2D eigenvalue weighted by atomic mass is 10.1. The van der Waals surface area contributed by atoms with E-state index in [9.17, 15) is 13.2 Å². The van der Waals surface area contributed by atoms with Crippen LogP contribution in [0.1, 0.15) is 22.6 Å². The molecule has 3 aromatic rings. The largest absolute Gasteiger partial charge is 0.433 e. The van der Waals surface area contributed by atoms with E-state index >= 15 is 0 Å². The van der Waals surface area contributed by atoms with Gasteiger partial charge in [0, 0.05) is 5.56 Å². The number of nitrogens with one attached hydrogen (secondary N) is 1. The molecule has 124 valence electrons. The van der Waals surface area contributed by atoms with Gasteiger partial charge >= 0.3 is 6.18 Å². The maximum atomic E-state index is 12.7. The highest BCUT2D eigenvalue weighted by atomic mass is 19.4. The molecule has 3 rings (SSSR count). The van der Waals surface area contributed by atoms with Crippen LogP contribution in [-0.4, -0.2) is 20.4 Å². The number of pyridine rings is 1. The van der Waals surface area contributed by atoms with E-state index in [0.717, 1.165) is 11.6 Å². The SMILES string of the molecule is N#Cc1nn[nH]c1-c1cccc(/C=C/c2cccc(C(F)(F)F)n2)c1. The number of rotatable bonds is 3. The first-order valence-corrected chi connectivity index (χ1v) is 7.11. The summed E-state index contributed by atoms with van der Waals surface area (Å²) in [5.41, 5.74) is 1.33. The Morgan fingerprint density at radius 1 is 1.08 bits per heavy atom. The standard InChI is InChI=1S/C17H10F3N5/c18-17(19,20)15-6-2-5-13(22-15)8-7-11-3-1-4-12(9-11)16-14(10-21)23-25-24-16/h1-9H,(H,23,24,25)/b8-7+. The molecular weight excluding hydrogens is 331 g/mol. The molecule has 0 unspecified atom stereocenters. The molecule has 1 aromatic carbocycles. The van der Waals surface area contributed by atoms with E-state index in [1.54, 1.807) is 30.3 Å². The van der Waals surface area contributed by atoms with Gasteiger partial charge < -0.3 is 0 Å². The average Bonchev–Trinajstić information content (AvgIpc) is 3.08. The molecule has 2 heterocycles. The Kier molecular flexibility index (Phi) is 4.31. The van der Waals surface area contributed by atoms with E-state index in [1.165, 1.54) is 18.2 Å². The number of nitrogens with zero attached hydrogens (tertiary/aromatic N) is 4. The Labute approximate surface area is 140 Å². The van der Waals surface area contributed by atoms with Gasteiger partial charge in [-0.25, -0.2) is 4.98 Å². The van der Waals surface area contributed by atoms with Crippen LogP contribution >= 0.6 is 0 Å². The first-order chi connectivity index (χ1) is 12.0. The van der Waals surface area contributed by atoms with E-state index < -0.39 is 11.9 Å². The lowest BCUT2D eigenvalue weighted by molar-refractivity contribution is -0.141. The van der Waals surface area contributed by atoms with Crippen molar-refractivity contribution in [2.24, 2.45) is 0 Å². The summed E-state index contributed by atoms with van der Waals surface area (Å²) in [6.45, 7) is 0. The minimum absolute atomic E-state index is 0.167. The minimum atomic E-state index is -4.48. The van der Waals surface area contributed by atoms with Gasteiger partial charge in [-0.1, -0.05) is 35.6 Å². The predicted octanol–water partition coefficient (Wildman–Crippen LogP) is 3.93. The van der Waals surface area contributed by atoms with E-state index in [-0.39, 0.29) is 11.4 Å². The molecule has 0 spiro atoms. The maximum Gasteiger partial charge on any atom is 0.433 e. The molecule has 0 aliphatic rings. The molecule has 0 bridgehead atoms. The van der Waals surface area contributed by atoms with Crippen molar-refractivity contribution < 1.29 is 13.2 Å². The Morgan fingerprint density at radius 2 is 1.88 bits per heavy atom. The minimum Gasteiger partial charge on any atom is -0.256 e. The van der Waals surface area contributed by atoms with Crippen molar-refractivity contribution >= 4 is 12.2 Å². The molecule has 5 nitrogen and oxygen atoms in total. The van der Waals surface area contributed by atoms with Crippen LogP contribution in [-0.2, 0) is 6.18 Å². The second kappa shape index (κ2) is 6.57. The van der Waals surface area contributed by atoms with Gasteiger partial charge in [-0.2, -0.15) is 18.4 Å². The van der Waals surface area contributed by atoms with Gasteiger partial charge in [0.15, 0.2) is 5.69 Å². The highest BCUT2D eigenvalue weighted by molar-refractivity contribution is 5.73. The zero-order valence-corrected chi connectivity index (χ0v) is 12.6. The van der Waals surface area contributed by atoms with Gasteiger partial charge in [0.25, 0.3) is 0 Å². The number of aromatic amines is 1. The first kappa shape index (κ1) is 16.4. The number of aromatic nitrogens is 4. The smallest absolute Gasteiger partial charge is 0.256 e. The molecule has 0 radical (unpaired) electrons. The van der Waals surface area contributed by atoms with Crippen molar-refractivity contribution in [2.45, 2.75) is 6.18 Å². The molecular formula is C17H10F3N5. The van der Waals surface area contributed by atoms with Gasteiger partial charge in [0.2, 0.25) is 0 Å². The fourth-order valence-corrected chi connectivity index (χ4v) is 2.19. The van der Waals surface area contributed by atoms with Gasteiger partial charge in [-0.05, 0) is 29.8 Å². The predicted molar refractivity (Wildman–Crippen MR) is 84.7 cm³/mol. The lowest BCUT2D eigenvalue weighted by Gasteiger charge is -2.05. The molecule has 0 saturated carbocycles. The number of H-pyrrole nitrogens is 1. The van der Waals surface area contributed by atoms with Crippen molar-refractivity contribution in [2.75, 3.05) is 0 Å².